The minimum absolute atomic E-state index is 0.426. The number of hydrogen-bond donors (Lipinski definition) is 1. The number of benzene rings is 3. The molecule has 0 atom stereocenters. The zero-order valence-electron chi connectivity index (χ0n) is 14.1. The van der Waals surface area contributed by atoms with E-state index in [0.29, 0.717) is 22.2 Å². The highest BCUT2D eigenvalue weighted by molar-refractivity contribution is 6.42. The molecule has 0 aliphatic heterocycles. The third kappa shape index (κ3) is 2.74. The lowest BCUT2D eigenvalue weighted by molar-refractivity contribution is 0.100. The Morgan fingerprint density at radius 3 is 2.54 bits per heavy atom. The molecule has 0 aliphatic rings. The van der Waals surface area contributed by atoms with Crippen LogP contribution in [-0.2, 0) is 6.54 Å². The predicted molar refractivity (Wildman–Crippen MR) is 108 cm³/mol. The van der Waals surface area contributed by atoms with E-state index in [4.69, 9.17) is 28.9 Å². The number of aryl methyl sites for hydroxylation is 1. The fraction of sp³-hybridized carbons (Fsp3) is 0.0952. The largest absolute Gasteiger partial charge is 0.366 e. The van der Waals surface area contributed by atoms with E-state index >= 15 is 0 Å². The number of amides is 1. The van der Waals surface area contributed by atoms with Gasteiger partial charge in [-0.2, -0.15) is 0 Å². The molecule has 0 fully saturated rings. The molecule has 0 saturated heterocycles. The van der Waals surface area contributed by atoms with Crippen molar-refractivity contribution in [3.63, 3.8) is 0 Å². The van der Waals surface area contributed by atoms with Crippen molar-refractivity contribution in [3.8, 4) is 0 Å². The lowest BCUT2D eigenvalue weighted by Gasteiger charge is -2.09. The quantitative estimate of drug-likeness (QED) is 0.495. The van der Waals surface area contributed by atoms with E-state index in [1.165, 1.54) is 0 Å². The normalized spacial score (nSPS) is 11.3. The molecule has 26 heavy (non-hydrogen) atoms. The van der Waals surface area contributed by atoms with Crippen LogP contribution in [0, 0.1) is 6.92 Å². The van der Waals surface area contributed by atoms with Gasteiger partial charge in [-0.3, -0.25) is 4.79 Å². The summed E-state index contributed by atoms with van der Waals surface area (Å²) in [5.41, 5.74) is 10.4. The van der Waals surface area contributed by atoms with Gasteiger partial charge >= 0.3 is 0 Å². The maximum absolute atomic E-state index is 12.0. The third-order valence-electron chi connectivity index (χ3n) is 4.64. The Hall–Kier alpha value is -2.49. The van der Waals surface area contributed by atoms with Gasteiger partial charge in [0, 0.05) is 28.4 Å². The Labute approximate surface area is 160 Å². The second-order valence-corrected chi connectivity index (χ2v) is 7.23. The number of carbonyl (C=O) groups excluding carboxylic acids is 1. The number of rotatable bonds is 3. The van der Waals surface area contributed by atoms with Gasteiger partial charge in [0.05, 0.1) is 15.6 Å². The van der Waals surface area contributed by atoms with Gasteiger partial charge in [-0.15, -0.1) is 0 Å². The molecule has 1 aromatic heterocycles. The number of carbonyl (C=O) groups is 1. The van der Waals surface area contributed by atoms with E-state index in [9.17, 15) is 4.79 Å². The first kappa shape index (κ1) is 17.0. The van der Waals surface area contributed by atoms with Crippen LogP contribution in [0.15, 0.2) is 54.6 Å². The summed E-state index contributed by atoms with van der Waals surface area (Å²) in [5, 5.41) is 2.96. The van der Waals surface area contributed by atoms with Crippen molar-refractivity contribution in [1.29, 1.82) is 0 Å². The maximum Gasteiger partial charge on any atom is 0.249 e. The van der Waals surface area contributed by atoms with Crippen molar-refractivity contribution < 1.29 is 4.79 Å². The van der Waals surface area contributed by atoms with Gasteiger partial charge in [0.1, 0.15) is 0 Å². The smallest absolute Gasteiger partial charge is 0.249 e. The highest BCUT2D eigenvalue weighted by Gasteiger charge is 2.16. The topological polar surface area (TPSA) is 48.0 Å². The van der Waals surface area contributed by atoms with Crippen LogP contribution in [0.1, 0.15) is 21.5 Å². The first-order valence-electron chi connectivity index (χ1n) is 8.21. The van der Waals surface area contributed by atoms with Gasteiger partial charge in [0.25, 0.3) is 0 Å². The molecule has 0 radical (unpaired) electrons. The summed E-state index contributed by atoms with van der Waals surface area (Å²) in [4.78, 5) is 12.0. The lowest BCUT2D eigenvalue weighted by atomic mass is 10.1. The molecule has 1 amide bonds. The zero-order valence-corrected chi connectivity index (χ0v) is 15.6. The molecule has 2 N–H and O–H groups in total. The molecule has 5 heteroatoms. The number of fused-ring (bicyclic) bond motifs is 3. The fourth-order valence-corrected chi connectivity index (χ4v) is 3.77. The van der Waals surface area contributed by atoms with Crippen molar-refractivity contribution in [2.45, 2.75) is 13.5 Å². The van der Waals surface area contributed by atoms with E-state index in [0.717, 1.165) is 32.9 Å². The van der Waals surface area contributed by atoms with Gasteiger partial charge in [-0.05, 0) is 48.4 Å². The van der Waals surface area contributed by atoms with Crippen LogP contribution in [0.25, 0.3) is 21.8 Å². The molecule has 3 aromatic carbocycles. The number of aromatic nitrogens is 1. The van der Waals surface area contributed by atoms with Crippen molar-refractivity contribution >= 4 is 50.9 Å². The summed E-state index contributed by atoms with van der Waals surface area (Å²) in [5.74, 6) is -0.426. The van der Waals surface area contributed by atoms with E-state index in [1.807, 2.05) is 36.4 Å². The van der Waals surface area contributed by atoms with Crippen LogP contribution in [0.5, 0.6) is 0 Å². The predicted octanol–water partition coefficient (Wildman–Crippen LogP) is 5.56. The maximum atomic E-state index is 12.0. The van der Waals surface area contributed by atoms with Gasteiger partial charge in [-0.25, -0.2) is 0 Å². The molecular formula is C21H16Cl2N2O. The van der Waals surface area contributed by atoms with Crippen LogP contribution >= 0.6 is 23.2 Å². The number of halogens is 2. The average molecular weight is 383 g/mol. The Morgan fingerprint density at radius 1 is 1.00 bits per heavy atom. The number of hydrogen-bond acceptors (Lipinski definition) is 1. The Bertz CT molecular complexity index is 1180. The second-order valence-electron chi connectivity index (χ2n) is 6.42. The van der Waals surface area contributed by atoms with Crippen molar-refractivity contribution in [1.82, 2.24) is 4.57 Å². The fourth-order valence-electron chi connectivity index (χ4n) is 3.45. The van der Waals surface area contributed by atoms with E-state index < -0.39 is 5.91 Å². The standard InChI is InChI=1S/C21H16Cl2N2O/c1-12-5-7-14-19(9-12)25(11-13-6-8-16(22)17(23)10-13)18-4-2-3-15(20(14)18)21(24)26/h2-10H,11H2,1H3,(H2,24,26). The van der Waals surface area contributed by atoms with Crippen molar-refractivity contribution in [2.75, 3.05) is 0 Å². The van der Waals surface area contributed by atoms with Gasteiger partial charge in [0.15, 0.2) is 0 Å². The third-order valence-corrected chi connectivity index (χ3v) is 5.38. The molecule has 0 spiro atoms. The molecule has 0 unspecified atom stereocenters. The van der Waals surface area contributed by atoms with Crippen molar-refractivity contribution in [2.24, 2.45) is 5.73 Å². The molecule has 3 nitrogen and oxygen atoms in total. The van der Waals surface area contributed by atoms with Gasteiger partial charge < -0.3 is 10.3 Å². The number of primary amides is 1. The van der Waals surface area contributed by atoms with Crippen LogP contribution in [-0.4, -0.2) is 10.5 Å². The molecule has 1 heterocycles. The summed E-state index contributed by atoms with van der Waals surface area (Å²) >= 11 is 12.2. The molecule has 130 valence electrons. The minimum atomic E-state index is -0.426. The highest BCUT2D eigenvalue weighted by Crippen LogP contribution is 2.33. The zero-order chi connectivity index (χ0) is 18.4. The summed E-state index contributed by atoms with van der Waals surface area (Å²) in [6, 6.07) is 17.5. The molecule has 0 bridgehead atoms. The average Bonchev–Trinajstić information content (AvgIpc) is 2.91. The summed E-state index contributed by atoms with van der Waals surface area (Å²) < 4.78 is 2.18. The first-order valence-corrected chi connectivity index (χ1v) is 8.96. The Kier molecular flexibility index (Phi) is 4.14. The monoisotopic (exact) mass is 382 g/mol. The molecular weight excluding hydrogens is 367 g/mol. The van der Waals surface area contributed by atoms with E-state index in [1.54, 1.807) is 12.1 Å². The molecule has 0 aliphatic carbocycles. The van der Waals surface area contributed by atoms with Gasteiger partial charge in [-0.1, -0.05) is 47.5 Å². The van der Waals surface area contributed by atoms with Crippen LogP contribution in [0.2, 0.25) is 10.0 Å². The van der Waals surface area contributed by atoms with E-state index in [2.05, 4.69) is 17.6 Å². The number of nitrogens with two attached hydrogens (primary N) is 1. The summed E-state index contributed by atoms with van der Waals surface area (Å²) in [7, 11) is 0. The van der Waals surface area contributed by atoms with Gasteiger partial charge in [0.2, 0.25) is 5.91 Å². The Balaban J connectivity index is 2.03. The molecule has 4 rings (SSSR count). The molecule has 0 saturated carbocycles. The van der Waals surface area contributed by atoms with Crippen LogP contribution in [0.4, 0.5) is 0 Å². The Morgan fingerprint density at radius 2 is 1.81 bits per heavy atom. The first-order chi connectivity index (χ1) is 12.5. The van der Waals surface area contributed by atoms with Crippen molar-refractivity contribution in [3.05, 3.63) is 81.3 Å². The summed E-state index contributed by atoms with van der Waals surface area (Å²) in [6.07, 6.45) is 0. The van der Waals surface area contributed by atoms with Crippen LogP contribution in [0.3, 0.4) is 0 Å². The SMILES string of the molecule is Cc1ccc2c3c(C(N)=O)cccc3n(Cc3ccc(Cl)c(Cl)c3)c2c1. The lowest BCUT2D eigenvalue weighted by Crippen LogP contribution is -2.11. The molecule has 4 aromatic rings. The second kappa shape index (κ2) is 6.35. The minimum Gasteiger partial charge on any atom is -0.366 e. The van der Waals surface area contributed by atoms with Crippen LogP contribution < -0.4 is 5.73 Å². The van der Waals surface area contributed by atoms with E-state index in [-0.39, 0.29) is 0 Å². The summed E-state index contributed by atoms with van der Waals surface area (Å²) in [6.45, 7) is 2.66. The number of nitrogens with zero attached hydrogens (tertiary/aromatic N) is 1. The highest BCUT2D eigenvalue weighted by atomic mass is 35.5.